The van der Waals surface area contributed by atoms with Crippen molar-refractivity contribution in [1.82, 2.24) is 25.8 Å². The van der Waals surface area contributed by atoms with Gasteiger partial charge in [0.15, 0.2) is 5.01 Å². The van der Waals surface area contributed by atoms with Crippen molar-refractivity contribution in [2.45, 2.75) is 98.8 Å². The lowest BCUT2D eigenvalue weighted by molar-refractivity contribution is -0.145. The zero-order valence-electron chi connectivity index (χ0n) is 26.9. The summed E-state index contributed by atoms with van der Waals surface area (Å²) in [6, 6.07) is -4.56. The van der Waals surface area contributed by atoms with Gasteiger partial charge in [-0.25, -0.2) is 9.78 Å². The highest BCUT2D eigenvalue weighted by molar-refractivity contribution is 7.11. The number of hydrogen-bond acceptors (Lipinski definition) is 8. The monoisotopic (exact) mass is 630 g/mol. The number of primary amides is 1. The molecular formula is C31H46N6O6S. The van der Waals surface area contributed by atoms with Crippen molar-refractivity contribution < 1.29 is 28.8 Å². The van der Waals surface area contributed by atoms with E-state index in [1.807, 2.05) is 55.4 Å². The molecule has 1 aromatic heterocycles. The molecule has 12 nitrogen and oxygen atoms in total. The molecular weight excluding hydrogens is 584 g/mol. The molecule has 2 heterocycles. The van der Waals surface area contributed by atoms with E-state index in [0.29, 0.717) is 13.0 Å². The van der Waals surface area contributed by atoms with Crippen molar-refractivity contribution in [2.75, 3.05) is 6.54 Å². The van der Waals surface area contributed by atoms with Crippen LogP contribution in [0.2, 0.25) is 0 Å². The number of aromatic nitrogens is 1. The number of fused-ring (bicyclic) bond motifs is 1. The summed E-state index contributed by atoms with van der Waals surface area (Å²) in [4.78, 5) is 84.6. The van der Waals surface area contributed by atoms with Crippen LogP contribution in [-0.2, 0) is 19.2 Å². The first kappa shape index (κ1) is 33.5. The average Bonchev–Trinajstić information content (AvgIpc) is 3.60. The van der Waals surface area contributed by atoms with Gasteiger partial charge in [-0.3, -0.25) is 24.0 Å². The van der Waals surface area contributed by atoms with E-state index in [2.05, 4.69) is 20.9 Å². The predicted molar refractivity (Wildman–Crippen MR) is 164 cm³/mol. The first-order valence-corrected chi connectivity index (χ1v) is 16.1. The van der Waals surface area contributed by atoms with Crippen LogP contribution in [0.4, 0.5) is 4.79 Å². The summed E-state index contributed by atoms with van der Waals surface area (Å²) in [6.45, 7) is 15.3. The lowest BCUT2D eigenvalue weighted by Crippen LogP contribution is -2.62. The van der Waals surface area contributed by atoms with Gasteiger partial charge in [0.1, 0.15) is 18.1 Å². The fourth-order valence-corrected chi connectivity index (χ4v) is 7.03. The number of ketones is 2. The SMILES string of the molecule is CC(C)(C)[C@H](NC(=O)N[C@H](C(=O)N1C[C@H]2[C@@H]([C@H]1C(=O)NC(CC1CC1)C(=O)C(N)=O)C2(C)C)C(C)(C)C)C(=O)c1nccs1. The molecule has 3 fully saturated rings. The number of Topliss-reactive ketones (excluding diaryl/α,β-unsaturated/α-hetero) is 2. The van der Waals surface area contributed by atoms with Crippen molar-refractivity contribution >= 4 is 46.7 Å². The summed E-state index contributed by atoms with van der Waals surface area (Å²) in [5, 5.41) is 10.3. The van der Waals surface area contributed by atoms with Gasteiger partial charge >= 0.3 is 6.03 Å². The summed E-state index contributed by atoms with van der Waals surface area (Å²) in [5.74, 6) is -3.07. The molecule has 44 heavy (non-hydrogen) atoms. The van der Waals surface area contributed by atoms with Crippen LogP contribution in [0.15, 0.2) is 11.6 Å². The molecule has 2 aliphatic carbocycles. The Morgan fingerprint density at radius 3 is 2.09 bits per heavy atom. The molecule has 0 bridgehead atoms. The molecule has 0 aromatic carbocycles. The molecule has 2 saturated carbocycles. The van der Waals surface area contributed by atoms with E-state index >= 15 is 0 Å². The second-order valence-corrected chi connectivity index (χ2v) is 16.2. The number of nitrogens with two attached hydrogens (primary N) is 1. The highest BCUT2D eigenvalue weighted by Crippen LogP contribution is 2.65. The number of piperidine rings is 1. The van der Waals surface area contributed by atoms with Gasteiger partial charge in [0.25, 0.3) is 5.91 Å². The minimum absolute atomic E-state index is 0.0616. The summed E-state index contributed by atoms with van der Waals surface area (Å²) < 4.78 is 0. The van der Waals surface area contributed by atoms with Crippen molar-refractivity contribution in [1.29, 1.82) is 0 Å². The minimum atomic E-state index is -1.11. The number of nitrogens with one attached hydrogen (secondary N) is 3. The van der Waals surface area contributed by atoms with Gasteiger partial charge in [0.05, 0.1) is 6.04 Å². The molecule has 13 heteroatoms. The average molecular weight is 631 g/mol. The molecule has 6 atom stereocenters. The Kier molecular flexibility index (Phi) is 9.05. The number of carbonyl (C=O) groups excluding carboxylic acids is 6. The Bertz CT molecular complexity index is 1330. The number of amides is 5. The Hall–Kier alpha value is -3.35. The number of nitrogens with zero attached hydrogens (tertiary/aromatic N) is 2. The van der Waals surface area contributed by atoms with Gasteiger partial charge in [-0.05, 0) is 40.4 Å². The zero-order chi connectivity index (χ0) is 32.9. The first-order valence-electron chi connectivity index (χ1n) is 15.2. The fraction of sp³-hybridized carbons (Fsp3) is 0.710. The maximum atomic E-state index is 14.2. The molecule has 1 saturated heterocycles. The number of urea groups is 1. The van der Waals surface area contributed by atoms with E-state index in [1.165, 1.54) is 22.4 Å². The van der Waals surface area contributed by atoms with Gasteiger partial charge in [-0.1, -0.05) is 68.2 Å². The zero-order valence-corrected chi connectivity index (χ0v) is 27.7. The van der Waals surface area contributed by atoms with Crippen LogP contribution in [0.3, 0.4) is 0 Å². The molecule has 5 N–H and O–H groups in total. The standard InChI is InChI=1S/C31H46N6O6S/c1-29(2,3)22(21(39)26-33-11-12-44-26)35-28(43)36-23(30(4,5)6)27(42)37-14-16-18(31(16,7)8)19(37)25(41)34-17(13-15-9-10-15)20(38)24(32)40/h11-12,15-19,22-23H,9-10,13-14H2,1-8H3,(H2,32,40)(H,34,41)(H2,35,36,43)/t16-,17?,18-,19-,22+,23+/m0/s1. The largest absolute Gasteiger partial charge is 0.363 e. The summed E-state index contributed by atoms with van der Waals surface area (Å²) in [5.41, 5.74) is 3.68. The molecule has 0 spiro atoms. The van der Waals surface area contributed by atoms with Crippen LogP contribution in [0.5, 0.6) is 0 Å². The van der Waals surface area contributed by atoms with Crippen LogP contribution < -0.4 is 21.7 Å². The van der Waals surface area contributed by atoms with Gasteiger partial charge < -0.3 is 26.6 Å². The Balaban J connectivity index is 1.54. The van der Waals surface area contributed by atoms with Crippen LogP contribution in [0.25, 0.3) is 0 Å². The fourth-order valence-electron chi connectivity index (χ4n) is 6.42. The van der Waals surface area contributed by atoms with E-state index in [9.17, 15) is 28.8 Å². The highest BCUT2D eigenvalue weighted by atomic mass is 32.1. The van der Waals surface area contributed by atoms with Gasteiger partial charge in [-0.15, -0.1) is 11.3 Å². The van der Waals surface area contributed by atoms with Crippen molar-refractivity contribution in [3.8, 4) is 0 Å². The van der Waals surface area contributed by atoms with E-state index < -0.39 is 64.5 Å². The molecule has 0 radical (unpaired) electrons. The summed E-state index contributed by atoms with van der Waals surface area (Å²) >= 11 is 1.19. The number of hydrogen-bond donors (Lipinski definition) is 4. The summed E-state index contributed by atoms with van der Waals surface area (Å²) in [7, 11) is 0. The third kappa shape index (κ3) is 6.97. The van der Waals surface area contributed by atoms with Crippen molar-refractivity contribution in [3.63, 3.8) is 0 Å². The Morgan fingerprint density at radius 2 is 1.59 bits per heavy atom. The maximum absolute atomic E-state index is 14.2. The predicted octanol–water partition coefficient (Wildman–Crippen LogP) is 2.28. The quantitative estimate of drug-likeness (QED) is 0.214. The number of thiazole rings is 1. The van der Waals surface area contributed by atoms with Gasteiger partial charge in [0.2, 0.25) is 23.4 Å². The lowest BCUT2D eigenvalue weighted by Gasteiger charge is -2.38. The van der Waals surface area contributed by atoms with Gasteiger partial charge in [-0.2, -0.15) is 0 Å². The molecule has 3 aliphatic rings. The van der Waals surface area contributed by atoms with Gasteiger partial charge in [0, 0.05) is 18.1 Å². The highest BCUT2D eigenvalue weighted by Gasteiger charge is 2.70. The van der Waals surface area contributed by atoms with Crippen LogP contribution in [0, 0.1) is 34.0 Å². The maximum Gasteiger partial charge on any atom is 0.316 e. The molecule has 1 aromatic rings. The van der Waals surface area contributed by atoms with Crippen LogP contribution in [0.1, 0.15) is 84.5 Å². The minimum Gasteiger partial charge on any atom is -0.363 e. The van der Waals surface area contributed by atoms with Crippen molar-refractivity contribution in [2.24, 2.45) is 39.7 Å². The van der Waals surface area contributed by atoms with E-state index in [1.54, 1.807) is 5.38 Å². The second kappa shape index (κ2) is 11.9. The number of likely N-dealkylation sites (tertiary alicyclic amines) is 1. The van der Waals surface area contributed by atoms with E-state index in [-0.39, 0.29) is 34.0 Å². The Morgan fingerprint density at radius 1 is 1.00 bits per heavy atom. The number of rotatable bonds is 11. The lowest BCUT2D eigenvalue weighted by atomic mass is 9.84. The smallest absolute Gasteiger partial charge is 0.316 e. The van der Waals surface area contributed by atoms with Crippen LogP contribution in [-0.4, -0.2) is 75.9 Å². The molecule has 1 aliphatic heterocycles. The van der Waals surface area contributed by atoms with E-state index in [0.717, 1.165) is 12.8 Å². The topological polar surface area (TPSA) is 181 Å². The second-order valence-electron chi connectivity index (χ2n) is 15.3. The van der Waals surface area contributed by atoms with Crippen LogP contribution >= 0.6 is 11.3 Å². The van der Waals surface area contributed by atoms with E-state index in [4.69, 9.17) is 5.73 Å². The molecule has 5 amide bonds. The number of carbonyl (C=O) groups is 6. The third-order valence-corrected chi connectivity index (χ3v) is 10.1. The molecule has 242 valence electrons. The molecule has 4 rings (SSSR count). The first-order chi connectivity index (χ1) is 20.2. The Labute approximate surface area is 262 Å². The summed E-state index contributed by atoms with van der Waals surface area (Å²) in [6.07, 6.45) is 3.68. The third-order valence-electron chi connectivity index (χ3n) is 9.34. The molecule has 1 unspecified atom stereocenters. The van der Waals surface area contributed by atoms with Crippen molar-refractivity contribution in [3.05, 3.63) is 16.6 Å². The normalized spacial score (nSPS) is 24.4.